The van der Waals surface area contributed by atoms with E-state index in [1.165, 1.54) is 39.2 Å². The maximum Gasteiger partial charge on any atom is 0.339 e. The van der Waals surface area contributed by atoms with Crippen LogP contribution < -0.4 is 10.6 Å². The van der Waals surface area contributed by atoms with Gasteiger partial charge in [-0.25, -0.2) is 9.78 Å². The third kappa shape index (κ3) is 4.39. The van der Waals surface area contributed by atoms with Gasteiger partial charge in [-0.15, -0.1) is 0 Å². The predicted molar refractivity (Wildman–Crippen MR) is 100 cm³/mol. The molecule has 1 heterocycles. The molecule has 0 unspecified atom stereocenters. The Morgan fingerprint density at radius 2 is 1.85 bits per heavy atom. The number of aromatic nitrogens is 1. The smallest absolute Gasteiger partial charge is 0.339 e. The van der Waals surface area contributed by atoms with Crippen molar-refractivity contribution in [3.05, 3.63) is 53.9 Å². The van der Waals surface area contributed by atoms with Crippen molar-refractivity contribution in [2.24, 2.45) is 0 Å². The van der Waals surface area contributed by atoms with Crippen LogP contribution in [0.15, 0.2) is 42.6 Å². The van der Waals surface area contributed by atoms with Crippen molar-refractivity contribution < 1.29 is 14.3 Å². The van der Waals surface area contributed by atoms with Gasteiger partial charge >= 0.3 is 5.97 Å². The number of hydrogen-bond donors (Lipinski definition) is 2. The number of carbonyl (C=O) groups is 2. The van der Waals surface area contributed by atoms with Gasteiger partial charge in [-0.2, -0.15) is 0 Å². The zero-order chi connectivity index (χ0) is 18.4. The molecule has 1 aromatic carbocycles. The molecule has 1 aliphatic rings. The van der Waals surface area contributed by atoms with E-state index in [1.54, 1.807) is 36.5 Å². The van der Waals surface area contributed by atoms with Gasteiger partial charge in [0.2, 0.25) is 0 Å². The molecule has 0 saturated heterocycles. The molecule has 0 radical (unpaired) electrons. The largest absolute Gasteiger partial charge is 0.465 e. The van der Waals surface area contributed by atoms with Crippen molar-refractivity contribution in [1.29, 1.82) is 0 Å². The van der Waals surface area contributed by atoms with Crippen LogP contribution in [0, 0.1) is 0 Å². The van der Waals surface area contributed by atoms with Gasteiger partial charge in [0.05, 0.1) is 30.2 Å². The average Bonchev–Trinajstić information content (AvgIpc) is 2.69. The lowest BCUT2D eigenvalue weighted by Crippen LogP contribution is -2.22. The number of carbonyl (C=O) groups excluding carboxylic acids is 2. The van der Waals surface area contributed by atoms with Gasteiger partial charge in [0.1, 0.15) is 5.69 Å². The first-order valence-electron chi connectivity index (χ1n) is 8.88. The molecule has 1 fully saturated rings. The second-order valence-corrected chi connectivity index (χ2v) is 6.40. The molecular weight excluding hydrogens is 330 g/mol. The number of para-hydroxylation sites is 1. The molecule has 3 rings (SSSR count). The molecule has 6 heteroatoms. The van der Waals surface area contributed by atoms with Gasteiger partial charge in [-0.3, -0.25) is 4.79 Å². The summed E-state index contributed by atoms with van der Waals surface area (Å²) in [5.41, 5.74) is 1.91. The molecule has 2 N–H and O–H groups in total. The van der Waals surface area contributed by atoms with Gasteiger partial charge in [-0.05, 0) is 37.1 Å². The third-order valence-electron chi connectivity index (χ3n) is 4.55. The number of ether oxygens (including phenoxy) is 1. The van der Waals surface area contributed by atoms with Crippen LogP contribution in [0.1, 0.15) is 53.0 Å². The maximum absolute atomic E-state index is 12.4. The Hall–Kier alpha value is -2.89. The average molecular weight is 353 g/mol. The lowest BCUT2D eigenvalue weighted by molar-refractivity contribution is 0.0602. The van der Waals surface area contributed by atoms with Gasteiger partial charge in [0.25, 0.3) is 5.91 Å². The number of anilines is 2. The van der Waals surface area contributed by atoms with Gasteiger partial charge in [-0.1, -0.05) is 31.4 Å². The fourth-order valence-corrected chi connectivity index (χ4v) is 3.16. The summed E-state index contributed by atoms with van der Waals surface area (Å²) in [5.74, 6) is -0.869. The number of amides is 1. The van der Waals surface area contributed by atoms with Crippen molar-refractivity contribution in [2.75, 3.05) is 17.7 Å². The number of pyridine rings is 1. The molecule has 1 aliphatic carbocycles. The van der Waals surface area contributed by atoms with E-state index in [9.17, 15) is 9.59 Å². The minimum atomic E-state index is -0.499. The second-order valence-electron chi connectivity index (χ2n) is 6.40. The van der Waals surface area contributed by atoms with E-state index >= 15 is 0 Å². The fourth-order valence-electron chi connectivity index (χ4n) is 3.16. The topological polar surface area (TPSA) is 80.3 Å². The molecule has 2 aromatic rings. The summed E-state index contributed by atoms with van der Waals surface area (Å²) >= 11 is 0. The monoisotopic (exact) mass is 353 g/mol. The molecule has 136 valence electrons. The zero-order valence-electron chi connectivity index (χ0n) is 14.8. The van der Waals surface area contributed by atoms with E-state index in [2.05, 4.69) is 15.6 Å². The summed E-state index contributed by atoms with van der Waals surface area (Å²) < 4.78 is 4.74. The van der Waals surface area contributed by atoms with Crippen LogP contribution in [0.2, 0.25) is 0 Å². The quantitative estimate of drug-likeness (QED) is 0.798. The number of benzene rings is 1. The van der Waals surface area contributed by atoms with Crippen LogP contribution in [0.25, 0.3) is 0 Å². The first kappa shape index (κ1) is 17.9. The Morgan fingerprint density at radius 3 is 2.54 bits per heavy atom. The van der Waals surface area contributed by atoms with Gasteiger partial charge < -0.3 is 15.4 Å². The van der Waals surface area contributed by atoms with Crippen LogP contribution in [0.3, 0.4) is 0 Å². The lowest BCUT2D eigenvalue weighted by atomic mass is 9.95. The van der Waals surface area contributed by atoms with E-state index in [0.29, 0.717) is 23.0 Å². The summed E-state index contributed by atoms with van der Waals surface area (Å²) in [6.07, 6.45) is 7.84. The summed E-state index contributed by atoms with van der Waals surface area (Å²) in [6.45, 7) is 0. The highest BCUT2D eigenvalue weighted by atomic mass is 16.5. The number of rotatable bonds is 5. The highest BCUT2D eigenvalue weighted by Crippen LogP contribution is 2.22. The molecule has 0 bridgehead atoms. The van der Waals surface area contributed by atoms with E-state index in [0.717, 1.165) is 5.69 Å². The number of methoxy groups -OCH3 is 1. The van der Waals surface area contributed by atoms with E-state index in [-0.39, 0.29) is 5.91 Å². The molecule has 0 aliphatic heterocycles. The number of nitrogens with one attached hydrogen (secondary N) is 2. The molecule has 26 heavy (non-hydrogen) atoms. The minimum absolute atomic E-state index is 0.291. The molecule has 0 atom stereocenters. The number of esters is 1. The fraction of sp³-hybridized carbons (Fsp3) is 0.350. The van der Waals surface area contributed by atoms with Crippen molar-refractivity contribution >= 4 is 23.3 Å². The summed E-state index contributed by atoms with van der Waals surface area (Å²) in [5, 5.41) is 6.19. The van der Waals surface area contributed by atoms with Crippen molar-refractivity contribution in [3.63, 3.8) is 0 Å². The molecule has 1 amide bonds. The standard InChI is InChI=1S/C20H23N3O3/c1-26-20(25)16-9-5-6-10-17(16)23-19(24)18-12-11-15(13-21-18)22-14-7-3-2-4-8-14/h5-6,9-14,22H,2-4,7-8H2,1H3,(H,23,24). The predicted octanol–water partition coefficient (Wildman–Crippen LogP) is 3.87. The normalized spacial score (nSPS) is 14.5. The Balaban J connectivity index is 1.66. The Bertz CT molecular complexity index is 768. The van der Waals surface area contributed by atoms with Gasteiger partial charge in [0, 0.05) is 6.04 Å². The Labute approximate surface area is 153 Å². The minimum Gasteiger partial charge on any atom is -0.465 e. The maximum atomic E-state index is 12.4. The van der Waals surface area contributed by atoms with Crippen LogP contribution in [0.4, 0.5) is 11.4 Å². The van der Waals surface area contributed by atoms with E-state index < -0.39 is 5.97 Å². The molecule has 0 spiro atoms. The number of hydrogen-bond acceptors (Lipinski definition) is 5. The Kier molecular flexibility index (Phi) is 5.84. The highest BCUT2D eigenvalue weighted by molar-refractivity contribution is 6.07. The second kappa shape index (κ2) is 8.47. The first-order chi connectivity index (χ1) is 12.7. The van der Waals surface area contributed by atoms with Crippen molar-refractivity contribution in [3.8, 4) is 0 Å². The van der Waals surface area contributed by atoms with Crippen LogP contribution in [0.5, 0.6) is 0 Å². The number of nitrogens with zero attached hydrogens (tertiary/aromatic N) is 1. The SMILES string of the molecule is COC(=O)c1ccccc1NC(=O)c1ccc(NC2CCCCC2)cn1. The van der Waals surface area contributed by atoms with Crippen LogP contribution >= 0.6 is 0 Å². The molecule has 6 nitrogen and oxygen atoms in total. The van der Waals surface area contributed by atoms with E-state index in [4.69, 9.17) is 4.74 Å². The third-order valence-corrected chi connectivity index (χ3v) is 4.55. The molecule has 1 saturated carbocycles. The van der Waals surface area contributed by atoms with Crippen molar-refractivity contribution in [1.82, 2.24) is 4.98 Å². The summed E-state index contributed by atoms with van der Waals surface area (Å²) in [6, 6.07) is 10.7. The highest BCUT2D eigenvalue weighted by Gasteiger charge is 2.16. The molecular formula is C20H23N3O3. The van der Waals surface area contributed by atoms with E-state index in [1.807, 2.05) is 6.07 Å². The zero-order valence-corrected chi connectivity index (χ0v) is 14.8. The van der Waals surface area contributed by atoms with Gasteiger partial charge in [0.15, 0.2) is 0 Å². The summed E-state index contributed by atoms with van der Waals surface area (Å²) in [4.78, 5) is 28.5. The Morgan fingerprint density at radius 1 is 1.08 bits per heavy atom. The molecule has 1 aromatic heterocycles. The van der Waals surface area contributed by atoms with Crippen molar-refractivity contribution in [2.45, 2.75) is 38.1 Å². The lowest BCUT2D eigenvalue weighted by Gasteiger charge is -2.23. The van der Waals surface area contributed by atoms with Crippen LogP contribution in [-0.4, -0.2) is 30.0 Å². The van der Waals surface area contributed by atoms with Crippen LogP contribution in [-0.2, 0) is 4.74 Å². The summed E-state index contributed by atoms with van der Waals surface area (Å²) in [7, 11) is 1.31. The first-order valence-corrected chi connectivity index (χ1v) is 8.88.